The van der Waals surface area contributed by atoms with E-state index in [1.807, 2.05) is 13.8 Å². The lowest BCUT2D eigenvalue weighted by molar-refractivity contribution is 0.170. The summed E-state index contributed by atoms with van der Waals surface area (Å²) in [5, 5.41) is 0. The summed E-state index contributed by atoms with van der Waals surface area (Å²) in [6, 6.07) is 3.16. The van der Waals surface area contributed by atoms with E-state index in [4.69, 9.17) is 9.47 Å². The highest BCUT2D eigenvalue weighted by atomic mass is 19.1. The summed E-state index contributed by atoms with van der Waals surface area (Å²) in [5.74, 6) is 0.786. The lowest BCUT2D eigenvalue weighted by Crippen LogP contribution is -1.95. The zero-order valence-electron chi connectivity index (χ0n) is 7.63. The van der Waals surface area contributed by atoms with Crippen LogP contribution >= 0.6 is 0 Å². The quantitative estimate of drug-likeness (QED) is 0.664. The lowest BCUT2D eigenvalue weighted by atomic mass is 10.0. The molecule has 3 heteroatoms. The van der Waals surface area contributed by atoms with Crippen LogP contribution < -0.4 is 9.47 Å². The summed E-state index contributed by atoms with van der Waals surface area (Å²) < 4.78 is 23.4. The molecule has 0 amide bonds. The van der Waals surface area contributed by atoms with Crippen molar-refractivity contribution >= 4 is 0 Å². The molecule has 0 bridgehead atoms. The van der Waals surface area contributed by atoms with Crippen molar-refractivity contribution in [2.75, 3.05) is 6.79 Å². The molecule has 1 heterocycles. The fourth-order valence-electron chi connectivity index (χ4n) is 1.44. The van der Waals surface area contributed by atoms with E-state index in [1.54, 1.807) is 6.07 Å². The first-order valence-electron chi connectivity index (χ1n) is 4.28. The Bertz CT molecular complexity index is 334. The Hall–Kier alpha value is -1.25. The van der Waals surface area contributed by atoms with Crippen LogP contribution in [0.1, 0.15) is 25.3 Å². The van der Waals surface area contributed by atoms with Gasteiger partial charge in [0, 0.05) is 5.56 Å². The third-order valence-corrected chi connectivity index (χ3v) is 2.12. The molecule has 0 unspecified atom stereocenters. The maximum atomic E-state index is 13.1. The number of halogens is 1. The first kappa shape index (κ1) is 8.35. The van der Waals surface area contributed by atoms with Gasteiger partial charge in [0.15, 0.2) is 11.6 Å². The lowest BCUT2D eigenvalue weighted by Gasteiger charge is -2.08. The molecule has 0 aliphatic carbocycles. The second-order valence-electron chi connectivity index (χ2n) is 3.36. The zero-order chi connectivity index (χ0) is 9.42. The van der Waals surface area contributed by atoms with Crippen LogP contribution in [0.25, 0.3) is 0 Å². The van der Waals surface area contributed by atoms with Gasteiger partial charge in [-0.3, -0.25) is 0 Å². The highest BCUT2D eigenvalue weighted by molar-refractivity contribution is 5.50. The van der Waals surface area contributed by atoms with Gasteiger partial charge in [-0.25, -0.2) is 4.39 Å². The summed E-state index contributed by atoms with van der Waals surface area (Å²) in [4.78, 5) is 0. The Morgan fingerprint density at radius 2 is 1.92 bits per heavy atom. The SMILES string of the molecule is CC(C)c1ccc(F)c2c1OCO2. The van der Waals surface area contributed by atoms with Crippen molar-refractivity contribution in [3.8, 4) is 11.5 Å². The molecule has 0 N–H and O–H groups in total. The summed E-state index contributed by atoms with van der Waals surface area (Å²) in [6.07, 6.45) is 0. The standard InChI is InChI=1S/C10H11FO2/c1-6(2)7-3-4-8(11)10-9(7)12-5-13-10/h3-4,6H,5H2,1-2H3. The number of ether oxygens (including phenoxy) is 2. The molecule has 0 aromatic heterocycles. The van der Waals surface area contributed by atoms with Gasteiger partial charge in [-0.2, -0.15) is 0 Å². The molecule has 0 saturated carbocycles. The van der Waals surface area contributed by atoms with Crippen molar-refractivity contribution in [3.63, 3.8) is 0 Å². The number of fused-ring (bicyclic) bond motifs is 1. The Balaban J connectivity index is 2.56. The molecule has 2 rings (SSSR count). The molecular weight excluding hydrogens is 171 g/mol. The van der Waals surface area contributed by atoms with Crippen molar-refractivity contribution in [1.29, 1.82) is 0 Å². The molecular formula is C10H11FO2. The third kappa shape index (κ3) is 1.24. The summed E-state index contributed by atoms with van der Waals surface area (Å²) in [7, 11) is 0. The van der Waals surface area contributed by atoms with Gasteiger partial charge in [-0.1, -0.05) is 19.9 Å². The molecule has 1 aromatic rings. The highest BCUT2D eigenvalue weighted by Gasteiger charge is 2.22. The number of rotatable bonds is 1. The van der Waals surface area contributed by atoms with E-state index < -0.39 is 0 Å². The van der Waals surface area contributed by atoms with Gasteiger partial charge < -0.3 is 9.47 Å². The van der Waals surface area contributed by atoms with E-state index in [-0.39, 0.29) is 18.4 Å². The molecule has 1 aliphatic rings. The minimum absolute atomic E-state index is 0.121. The van der Waals surface area contributed by atoms with Gasteiger partial charge in [0.1, 0.15) is 0 Å². The van der Waals surface area contributed by atoms with Crippen LogP contribution in [0, 0.1) is 5.82 Å². The Kier molecular flexibility index (Phi) is 1.87. The zero-order valence-corrected chi connectivity index (χ0v) is 7.63. The molecule has 1 aromatic carbocycles. The van der Waals surface area contributed by atoms with E-state index in [0.29, 0.717) is 11.7 Å². The van der Waals surface area contributed by atoms with Crippen LogP contribution in [0.15, 0.2) is 12.1 Å². The number of benzene rings is 1. The minimum atomic E-state index is -0.350. The van der Waals surface area contributed by atoms with Gasteiger partial charge in [-0.05, 0) is 12.0 Å². The van der Waals surface area contributed by atoms with Gasteiger partial charge in [0.05, 0.1) is 0 Å². The number of hydrogen-bond acceptors (Lipinski definition) is 2. The summed E-state index contributed by atoms with van der Waals surface area (Å²) in [5.41, 5.74) is 0.994. The first-order chi connectivity index (χ1) is 6.20. The smallest absolute Gasteiger partial charge is 0.231 e. The largest absolute Gasteiger partial charge is 0.453 e. The van der Waals surface area contributed by atoms with Crippen molar-refractivity contribution < 1.29 is 13.9 Å². The van der Waals surface area contributed by atoms with Gasteiger partial charge in [0.25, 0.3) is 0 Å². The molecule has 2 nitrogen and oxygen atoms in total. The van der Waals surface area contributed by atoms with Gasteiger partial charge in [-0.15, -0.1) is 0 Å². The summed E-state index contributed by atoms with van der Waals surface area (Å²) in [6.45, 7) is 4.19. The molecule has 13 heavy (non-hydrogen) atoms. The average molecular weight is 182 g/mol. The van der Waals surface area contributed by atoms with E-state index in [9.17, 15) is 4.39 Å². The van der Waals surface area contributed by atoms with Crippen molar-refractivity contribution in [2.24, 2.45) is 0 Å². The van der Waals surface area contributed by atoms with Crippen LogP contribution in [-0.4, -0.2) is 6.79 Å². The normalized spacial score (nSPS) is 13.8. The van der Waals surface area contributed by atoms with Crippen LogP contribution in [0.4, 0.5) is 4.39 Å². The molecule has 1 aliphatic heterocycles. The minimum Gasteiger partial charge on any atom is -0.453 e. The van der Waals surface area contributed by atoms with Gasteiger partial charge in [0.2, 0.25) is 12.5 Å². The fraction of sp³-hybridized carbons (Fsp3) is 0.400. The second-order valence-corrected chi connectivity index (χ2v) is 3.36. The number of hydrogen-bond donors (Lipinski definition) is 0. The molecule has 0 saturated heterocycles. The predicted molar refractivity (Wildman–Crippen MR) is 46.6 cm³/mol. The van der Waals surface area contributed by atoms with Crippen LogP contribution in [0.5, 0.6) is 11.5 Å². The average Bonchev–Trinajstić information content (AvgIpc) is 2.53. The van der Waals surface area contributed by atoms with Crippen molar-refractivity contribution in [1.82, 2.24) is 0 Å². The molecule has 0 atom stereocenters. The summed E-state index contributed by atoms with van der Waals surface area (Å²) >= 11 is 0. The highest BCUT2D eigenvalue weighted by Crippen LogP contribution is 2.40. The van der Waals surface area contributed by atoms with Crippen LogP contribution in [0.3, 0.4) is 0 Å². The first-order valence-corrected chi connectivity index (χ1v) is 4.28. The third-order valence-electron chi connectivity index (χ3n) is 2.12. The van der Waals surface area contributed by atoms with Crippen molar-refractivity contribution in [2.45, 2.75) is 19.8 Å². The van der Waals surface area contributed by atoms with Crippen LogP contribution in [-0.2, 0) is 0 Å². The van der Waals surface area contributed by atoms with Gasteiger partial charge >= 0.3 is 0 Å². The predicted octanol–water partition coefficient (Wildman–Crippen LogP) is 2.68. The monoisotopic (exact) mass is 182 g/mol. The Morgan fingerprint density at radius 1 is 1.23 bits per heavy atom. The fourth-order valence-corrected chi connectivity index (χ4v) is 1.44. The van der Waals surface area contributed by atoms with E-state index >= 15 is 0 Å². The Labute approximate surface area is 76.3 Å². The van der Waals surface area contributed by atoms with Crippen molar-refractivity contribution in [3.05, 3.63) is 23.5 Å². The maximum absolute atomic E-state index is 13.1. The van der Waals surface area contributed by atoms with E-state index in [1.165, 1.54) is 6.07 Å². The topological polar surface area (TPSA) is 18.5 Å². The molecule has 0 fully saturated rings. The van der Waals surface area contributed by atoms with E-state index in [0.717, 1.165) is 5.56 Å². The molecule has 0 radical (unpaired) electrons. The maximum Gasteiger partial charge on any atom is 0.231 e. The van der Waals surface area contributed by atoms with Crippen LogP contribution in [0.2, 0.25) is 0 Å². The Morgan fingerprint density at radius 3 is 2.62 bits per heavy atom. The second kappa shape index (κ2) is 2.91. The molecule has 70 valence electrons. The van der Waals surface area contributed by atoms with E-state index in [2.05, 4.69) is 0 Å². The molecule has 0 spiro atoms.